The molecule has 0 aliphatic rings. The molecule has 4 aromatic rings. The molecule has 0 saturated heterocycles. The summed E-state index contributed by atoms with van der Waals surface area (Å²) >= 11 is 10.5. The largest absolute Gasteiger partial charge is 0.334 e. The summed E-state index contributed by atoms with van der Waals surface area (Å²) in [6.07, 6.45) is 3.35. The molecule has 7 nitrogen and oxygen atoms in total. The highest BCUT2D eigenvalue weighted by Gasteiger charge is 2.24. The topological polar surface area (TPSA) is 82.5 Å². The van der Waals surface area contributed by atoms with Crippen molar-refractivity contribution in [2.24, 2.45) is 7.05 Å². The minimum absolute atomic E-state index is 0.0144. The van der Waals surface area contributed by atoms with Crippen LogP contribution in [0.3, 0.4) is 0 Å². The summed E-state index contributed by atoms with van der Waals surface area (Å²) in [7, 11) is 1.81. The molecule has 0 radical (unpaired) electrons. The fourth-order valence-corrected chi connectivity index (χ4v) is 3.07. The van der Waals surface area contributed by atoms with E-state index in [1.54, 1.807) is 17.0 Å². The van der Waals surface area contributed by atoms with E-state index in [0.717, 1.165) is 5.56 Å². The number of thiol groups is 1. The Kier molecular flexibility index (Phi) is 4.63. The normalized spacial score (nSPS) is 12.3. The lowest BCUT2D eigenvalue weighted by molar-refractivity contribution is 0.420. The van der Waals surface area contributed by atoms with Crippen LogP contribution in [-0.4, -0.2) is 29.9 Å². The Balaban J connectivity index is 1.67. The zero-order chi connectivity index (χ0) is 19.0. The van der Waals surface area contributed by atoms with Gasteiger partial charge in [0.25, 0.3) is 5.89 Å². The van der Waals surface area contributed by atoms with E-state index < -0.39 is 11.1 Å². The Morgan fingerprint density at radius 3 is 2.74 bits per heavy atom. The van der Waals surface area contributed by atoms with Crippen molar-refractivity contribution < 1.29 is 8.91 Å². The van der Waals surface area contributed by atoms with Gasteiger partial charge in [0.15, 0.2) is 17.5 Å². The first-order valence-electron chi connectivity index (χ1n) is 7.81. The van der Waals surface area contributed by atoms with Crippen molar-refractivity contribution >= 4 is 24.2 Å². The third-order valence-corrected chi connectivity index (χ3v) is 4.63. The Morgan fingerprint density at radius 1 is 1.19 bits per heavy atom. The van der Waals surface area contributed by atoms with Crippen LogP contribution in [0.2, 0.25) is 5.02 Å². The first-order chi connectivity index (χ1) is 13.0. The standard InChI is InChI=1S/C17H12ClFN6OS/c1-25-15(9-4-6-20-7-5-9)22-23-16(25)13(27)14-21-17(26-24-14)11-8-10(18)2-3-12(11)19/h2-8,13,27H,1H3. The summed E-state index contributed by atoms with van der Waals surface area (Å²) in [6.45, 7) is 0. The molecule has 0 aliphatic carbocycles. The van der Waals surface area contributed by atoms with E-state index in [0.29, 0.717) is 16.7 Å². The molecule has 1 unspecified atom stereocenters. The molecule has 3 heterocycles. The number of hydrogen-bond donors (Lipinski definition) is 1. The lowest BCUT2D eigenvalue weighted by atomic mass is 10.2. The fourth-order valence-electron chi connectivity index (χ4n) is 2.56. The van der Waals surface area contributed by atoms with Crippen molar-refractivity contribution in [3.63, 3.8) is 0 Å². The van der Waals surface area contributed by atoms with Crippen molar-refractivity contribution in [1.82, 2.24) is 29.9 Å². The summed E-state index contributed by atoms with van der Waals surface area (Å²) < 4.78 is 21.0. The molecule has 27 heavy (non-hydrogen) atoms. The first-order valence-corrected chi connectivity index (χ1v) is 8.71. The Hall–Kier alpha value is -2.78. The Morgan fingerprint density at radius 2 is 1.96 bits per heavy atom. The van der Waals surface area contributed by atoms with Gasteiger partial charge in [0.05, 0.1) is 5.56 Å². The van der Waals surface area contributed by atoms with Crippen molar-refractivity contribution in [3.05, 3.63) is 65.2 Å². The number of halogens is 2. The zero-order valence-electron chi connectivity index (χ0n) is 13.9. The summed E-state index contributed by atoms with van der Waals surface area (Å²) in [5.74, 6) is 0.911. The van der Waals surface area contributed by atoms with E-state index in [1.165, 1.54) is 18.2 Å². The number of benzene rings is 1. The van der Waals surface area contributed by atoms with Crippen LogP contribution in [0.5, 0.6) is 0 Å². The summed E-state index contributed by atoms with van der Waals surface area (Å²) in [6, 6.07) is 7.76. The average Bonchev–Trinajstić information content (AvgIpc) is 3.31. The van der Waals surface area contributed by atoms with Gasteiger partial charge in [-0.3, -0.25) is 4.98 Å². The third kappa shape index (κ3) is 3.31. The molecule has 4 rings (SSSR count). The molecule has 0 bridgehead atoms. The molecule has 1 aromatic carbocycles. The molecule has 1 atom stereocenters. The van der Waals surface area contributed by atoms with Gasteiger partial charge >= 0.3 is 0 Å². The summed E-state index contributed by atoms with van der Waals surface area (Å²) in [5.41, 5.74) is 0.985. The maximum absolute atomic E-state index is 14.0. The van der Waals surface area contributed by atoms with Crippen LogP contribution in [0.25, 0.3) is 22.8 Å². The van der Waals surface area contributed by atoms with Gasteiger partial charge in [0.1, 0.15) is 11.1 Å². The molecule has 0 amide bonds. The highest BCUT2D eigenvalue weighted by molar-refractivity contribution is 7.80. The molecule has 0 fully saturated rings. The number of aromatic nitrogens is 6. The second kappa shape index (κ2) is 7.09. The SMILES string of the molecule is Cn1c(-c2ccncc2)nnc1C(S)c1noc(-c2cc(Cl)ccc2F)n1. The predicted octanol–water partition coefficient (Wildman–Crippen LogP) is 3.74. The van der Waals surface area contributed by atoms with Gasteiger partial charge in [-0.15, -0.1) is 10.2 Å². The Bertz CT molecular complexity index is 1100. The van der Waals surface area contributed by atoms with E-state index >= 15 is 0 Å². The van der Waals surface area contributed by atoms with Gasteiger partial charge < -0.3 is 9.09 Å². The smallest absolute Gasteiger partial charge is 0.261 e. The molecular weight excluding hydrogens is 391 g/mol. The van der Waals surface area contributed by atoms with E-state index in [1.807, 2.05) is 19.2 Å². The van der Waals surface area contributed by atoms with Crippen LogP contribution < -0.4 is 0 Å². The molecule has 0 saturated carbocycles. The highest BCUT2D eigenvalue weighted by Crippen LogP contribution is 2.30. The van der Waals surface area contributed by atoms with Crippen LogP contribution in [0.4, 0.5) is 4.39 Å². The summed E-state index contributed by atoms with van der Waals surface area (Å²) in [5, 5.41) is 12.0. The van der Waals surface area contributed by atoms with Gasteiger partial charge in [-0.25, -0.2) is 4.39 Å². The number of pyridine rings is 1. The van der Waals surface area contributed by atoms with Gasteiger partial charge in [0.2, 0.25) is 0 Å². The van der Waals surface area contributed by atoms with Crippen molar-refractivity contribution in [2.75, 3.05) is 0 Å². The van der Waals surface area contributed by atoms with E-state index in [-0.39, 0.29) is 17.3 Å². The molecule has 0 N–H and O–H groups in total. The van der Waals surface area contributed by atoms with Gasteiger partial charge in [-0.2, -0.15) is 17.6 Å². The molecule has 3 aromatic heterocycles. The Labute approximate surface area is 163 Å². The number of hydrogen-bond acceptors (Lipinski definition) is 7. The van der Waals surface area contributed by atoms with Crippen molar-refractivity contribution in [3.8, 4) is 22.8 Å². The zero-order valence-corrected chi connectivity index (χ0v) is 15.6. The van der Waals surface area contributed by atoms with E-state index in [2.05, 4.69) is 38.0 Å². The van der Waals surface area contributed by atoms with Crippen LogP contribution in [0.15, 0.2) is 47.2 Å². The predicted molar refractivity (Wildman–Crippen MR) is 99.8 cm³/mol. The fraction of sp³-hybridized carbons (Fsp3) is 0.118. The maximum Gasteiger partial charge on any atom is 0.261 e. The average molecular weight is 403 g/mol. The quantitative estimate of drug-likeness (QED) is 0.523. The third-order valence-electron chi connectivity index (χ3n) is 3.94. The van der Waals surface area contributed by atoms with Gasteiger partial charge in [-0.05, 0) is 30.3 Å². The van der Waals surface area contributed by atoms with Crippen LogP contribution >= 0.6 is 24.2 Å². The van der Waals surface area contributed by atoms with Crippen molar-refractivity contribution in [1.29, 1.82) is 0 Å². The number of nitrogens with zero attached hydrogens (tertiary/aromatic N) is 6. The minimum atomic E-state index is -0.613. The van der Waals surface area contributed by atoms with E-state index in [9.17, 15) is 4.39 Å². The highest BCUT2D eigenvalue weighted by atomic mass is 35.5. The van der Waals surface area contributed by atoms with Crippen molar-refractivity contribution in [2.45, 2.75) is 5.25 Å². The van der Waals surface area contributed by atoms with Crippen LogP contribution in [0, 0.1) is 5.82 Å². The first kappa shape index (κ1) is 17.6. The van der Waals surface area contributed by atoms with Gasteiger partial charge in [-0.1, -0.05) is 16.8 Å². The number of rotatable bonds is 4. The molecule has 136 valence electrons. The van der Waals surface area contributed by atoms with Crippen LogP contribution in [-0.2, 0) is 7.05 Å². The summed E-state index contributed by atoms with van der Waals surface area (Å²) in [4.78, 5) is 8.23. The molecule has 10 heteroatoms. The maximum atomic E-state index is 14.0. The van der Waals surface area contributed by atoms with Crippen LogP contribution in [0.1, 0.15) is 16.9 Å². The second-order valence-corrected chi connectivity index (χ2v) is 6.61. The monoisotopic (exact) mass is 402 g/mol. The second-order valence-electron chi connectivity index (χ2n) is 5.66. The molecular formula is C17H12ClFN6OS. The molecule has 0 spiro atoms. The van der Waals surface area contributed by atoms with E-state index in [4.69, 9.17) is 16.1 Å². The minimum Gasteiger partial charge on any atom is -0.334 e. The lowest BCUT2D eigenvalue weighted by Gasteiger charge is -2.07. The lowest BCUT2D eigenvalue weighted by Crippen LogP contribution is -2.05. The molecule has 0 aliphatic heterocycles. The van der Waals surface area contributed by atoms with Gasteiger partial charge in [0, 0.05) is 30.0 Å².